The van der Waals surface area contributed by atoms with E-state index in [4.69, 9.17) is 11.8 Å². The zero-order chi connectivity index (χ0) is 8.97. The maximum absolute atomic E-state index is 5.73. The number of hydrogen-bond acceptors (Lipinski definition) is 1. The molecule has 12 heavy (non-hydrogen) atoms. The van der Waals surface area contributed by atoms with Gasteiger partial charge in [-0.25, -0.2) is 0 Å². The molecule has 1 aromatic carbocycles. The standard InChI is InChI=1S/C9H11BrClN/c1-8(12(10)11)7-9-5-3-2-4-6-9/h2-6,8H,7H2,1H3/t8-/m1/s1. The molecule has 66 valence electrons. The molecule has 0 bridgehead atoms. The second kappa shape index (κ2) is 4.85. The first-order valence-corrected chi connectivity index (χ1v) is 4.89. The van der Waals surface area contributed by atoms with Gasteiger partial charge in [-0.05, 0) is 30.7 Å². The van der Waals surface area contributed by atoms with Crippen molar-refractivity contribution in [1.82, 2.24) is 3.45 Å². The number of hydrogen-bond donors (Lipinski definition) is 0. The second-order valence-corrected chi connectivity index (χ2v) is 4.33. The normalized spacial score (nSPS) is 13.3. The summed E-state index contributed by atoms with van der Waals surface area (Å²) in [6, 6.07) is 10.6. The van der Waals surface area contributed by atoms with Gasteiger partial charge in [-0.3, -0.25) is 0 Å². The molecule has 0 fully saturated rings. The number of rotatable bonds is 3. The average molecular weight is 249 g/mol. The van der Waals surface area contributed by atoms with Crippen LogP contribution in [0.15, 0.2) is 30.3 Å². The minimum Gasteiger partial charge on any atom is -0.152 e. The van der Waals surface area contributed by atoms with Gasteiger partial charge in [-0.1, -0.05) is 30.3 Å². The van der Waals surface area contributed by atoms with Crippen LogP contribution in [0.4, 0.5) is 0 Å². The lowest BCUT2D eigenvalue weighted by Gasteiger charge is -2.14. The van der Waals surface area contributed by atoms with Crippen molar-refractivity contribution in [3.8, 4) is 0 Å². The van der Waals surface area contributed by atoms with Gasteiger partial charge in [0.05, 0.1) is 0 Å². The Hall–Kier alpha value is -0.0500. The van der Waals surface area contributed by atoms with Gasteiger partial charge >= 0.3 is 0 Å². The fraction of sp³-hybridized carbons (Fsp3) is 0.333. The van der Waals surface area contributed by atoms with Crippen LogP contribution in [0.1, 0.15) is 12.5 Å². The highest BCUT2D eigenvalue weighted by molar-refractivity contribution is 9.08. The zero-order valence-electron chi connectivity index (χ0n) is 6.87. The molecule has 0 aliphatic heterocycles. The van der Waals surface area contributed by atoms with Gasteiger partial charge in [0.15, 0.2) is 0 Å². The summed E-state index contributed by atoms with van der Waals surface area (Å²) in [7, 11) is 0. The summed E-state index contributed by atoms with van der Waals surface area (Å²) in [4.78, 5) is 0. The summed E-state index contributed by atoms with van der Waals surface area (Å²) in [6.07, 6.45) is 0.954. The third-order valence-corrected chi connectivity index (χ3v) is 2.74. The van der Waals surface area contributed by atoms with Crippen molar-refractivity contribution in [3.63, 3.8) is 0 Å². The van der Waals surface area contributed by atoms with Crippen LogP contribution in [0.5, 0.6) is 0 Å². The van der Waals surface area contributed by atoms with Crippen molar-refractivity contribution < 1.29 is 0 Å². The van der Waals surface area contributed by atoms with Crippen molar-refractivity contribution in [3.05, 3.63) is 35.9 Å². The smallest absolute Gasteiger partial charge is 0.0380 e. The molecular weight excluding hydrogens is 237 g/mol. The van der Waals surface area contributed by atoms with Crippen LogP contribution in [0.3, 0.4) is 0 Å². The summed E-state index contributed by atoms with van der Waals surface area (Å²) in [5.41, 5.74) is 1.30. The van der Waals surface area contributed by atoms with Crippen LogP contribution in [-0.2, 0) is 6.42 Å². The van der Waals surface area contributed by atoms with E-state index in [1.165, 1.54) is 9.01 Å². The predicted molar refractivity (Wildman–Crippen MR) is 56.2 cm³/mol. The van der Waals surface area contributed by atoms with Crippen molar-refractivity contribution in [2.45, 2.75) is 19.4 Å². The first-order valence-electron chi connectivity index (χ1n) is 3.85. The molecule has 0 saturated heterocycles. The van der Waals surface area contributed by atoms with Gasteiger partial charge in [0.1, 0.15) is 0 Å². The zero-order valence-corrected chi connectivity index (χ0v) is 9.22. The lowest BCUT2D eigenvalue weighted by atomic mass is 10.1. The summed E-state index contributed by atoms with van der Waals surface area (Å²) >= 11 is 8.92. The van der Waals surface area contributed by atoms with E-state index in [1.54, 1.807) is 0 Å². The highest BCUT2D eigenvalue weighted by atomic mass is 79.9. The Balaban J connectivity index is 2.53. The van der Waals surface area contributed by atoms with E-state index in [9.17, 15) is 0 Å². The summed E-state index contributed by atoms with van der Waals surface area (Å²) in [5.74, 6) is 0. The van der Waals surface area contributed by atoms with Crippen molar-refractivity contribution in [1.29, 1.82) is 0 Å². The van der Waals surface area contributed by atoms with Crippen LogP contribution in [0.25, 0.3) is 0 Å². The summed E-state index contributed by atoms with van der Waals surface area (Å²) in [6.45, 7) is 2.06. The van der Waals surface area contributed by atoms with Gasteiger partial charge in [-0.2, -0.15) is 3.45 Å². The molecule has 0 aliphatic rings. The predicted octanol–water partition coefficient (Wildman–Crippen LogP) is 3.38. The molecule has 0 aliphatic carbocycles. The minimum atomic E-state index is 0.300. The maximum Gasteiger partial charge on any atom is 0.0380 e. The molecule has 0 spiro atoms. The molecular formula is C9H11BrClN. The van der Waals surface area contributed by atoms with Crippen molar-refractivity contribution >= 4 is 27.9 Å². The van der Waals surface area contributed by atoms with Crippen molar-refractivity contribution in [2.75, 3.05) is 0 Å². The highest BCUT2D eigenvalue weighted by Crippen LogP contribution is 2.13. The van der Waals surface area contributed by atoms with E-state index >= 15 is 0 Å². The van der Waals surface area contributed by atoms with Crippen LogP contribution in [0.2, 0.25) is 0 Å². The van der Waals surface area contributed by atoms with E-state index in [-0.39, 0.29) is 0 Å². The first-order chi connectivity index (χ1) is 5.70. The number of benzene rings is 1. The van der Waals surface area contributed by atoms with E-state index in [0.29, 0.717) is 6.04 Å². The molecule has 1 nitrogen and oxygen atoms in total. The molecule has 1 atom stereocenters. The molecule has 0 aromatic heterocycles. The van der Waals surface area contributed by atoms with Crippen LogP contribution < -0.4 is 0 Å². The molecule has 0 radical (unpaired) electrons. The molecule has 1 aromatic rings. The Kier molecular flexibility index (Phi) is 4.06. The fourth-order valence-electron chi connectivity index (χ4n) is 1.02. The molecule has 0 unspecified atom stereocenters. The van der Waals surface area contributed by atoms with Gasteiger partial charge in [0, 0.05) is 22.2 Å². The van der Waals surface area contributed by atoms with Gasteiger partial charge in [0.25, 0.3) is 0 Å². The lowest BCUT2D eigenvalue weighted by Crippen LogP contribution is -2.16. The topological polar surface area (TPSA) is 3.24 Å². The van der Waals surface area contributed by atoms with E-state index in [0.717, 1.165) is 6.42 Å². The molecule has 0 amide bonds. The van der Waals surface area contributed by atoms with Crippen LogP contribution in [-0.4, -0.2) is 9.49 Å². The van der Waals surface area contributed by atoms with E-state index in [2.05, 4.69) is 35.2 Å². The van der Waals surface area contributed by atoms with Crippen LogP contribution >= 0.6 is 27.9 Å². The lowest BCUT2D eigenvalue weighted by molar-refractivity contribution is 0.549. The van der Waals surface area contributed by atoms with Crippen LogP contribution in [0, 0.1) is 0 Å². The Morgan fingerprint density at radius 3 is 2.50 bits per heavy atom. The Morgan fingerprint density at radius 2 is 2.00 bits per heavy atom. The third kappa shape index (κ3) is 3.13. The molecule has 0 heterocycles. The highest BCUT2D eigenvalue weighted by Gasteiger charge is 2.07. The maximum atomic E-state index is 5.73. The molecule has 0 N–H and O–H groups in total. The average Bonchev–Trinajstić information content (AvgIpc) is 2.06. The number of halogens is 2. The number of nitrogens with zero attached hydrogens (tertiary/aromatic N) is 1. The monoisotopic (exact) mass is 247 g/mol. The van der Waals surface area contributed by atoms with E-state index < -0.39 is 0 Å². The molecule has 3 heteroatoms. The second-order valence-electron chi connectivity index (χ2n) is 2.80. The van der Waals surface area contributed by atoms with Gasteiger partial charge < -0.3 is 0 Å². The van der Waals surface area contributed by atoms with E-state index in [1.807, 2.05) is 18.2 Å². The summed E-state index contributed by atoms with van der Waals surface area (Å²) < 4.78 is 1.53. The minimum absolute atomic E-state index is 0.300. The molecule has 1 rings (SSSR count). The SMILES string of the molecule is C[C@H](Cc1ccccc1)N(Cl)Br. The van der Waals surface area contributed by atoms with Gasteiger partial charge in [-0.15, -0.1) is 0 Å². The Morgan fingerprint density at radius 1 is 1.42 bits per heavy atom. The van der Waals surface area contributed by atoms with Gasteiger partial charge in [0.2, 0.25) is 0 Å². The summed E-state index contributed by atoms with van der Waals surface area (Å²) in [5, 5.41) is 0. The first kappa shape index (κ1) is 10.0. The Labute approximate surface area is 86.8 Å². The quantitative estimate of drug-likeness (QED) is 0.741. The molecule has 0 saturated carbocycles. The largest absolute Gasteiger partial charge is 0.152 e. The fourth-order valence-corrected chi connectivity index (χ4v) is 1.24. The third-order valence-electron chi connectivity index (χ3n) is 1.71. The van der Waals surface area contributed by atoms with Crippen molar-refractivity contribution in [2.24, 2.45) is 0 Å². The Bertz CT molecular complexity index is 225.